The van der Waals surface area contributed by atoms with Gasteiger partial charge in [-0.15, -0.1) is 0 Å². The predicted octanol–water partition coefficient (Wildman–Crippen LogP) is 2.94. The highest BCUT2D eigenvalue weighted by Crippen LogP contribution is 2.26. The second kappa shape index (κ2) is 6.66. The molecule has 0 fully saturated rings. The molecule has 0 aliphatic heterocycles. The molecule has 2 N–H and O–H groups in total. The summed E-state index contributed by atoms with van der Waals surface area (Å²) in [4.78, 5) is 13.6. The van der Waals surface area contributed by atoms with Crippen LogP contribution in [0.2, 0.25) is 0 Å². The van der Waals surface area contributed by atoms with Gasteiger partial charge in [0.05, 0.1) is 0 Å². The number of hydrogen-bond acceptors (Lipinski definition) is 2. The monoisotopic (exact) mass is 266 g/mol. The van der Waals surface area contributed by atoms with Crippen LogP contribution in [0.25, 0.3) is 0 Å². The number of benzene rings is 1. The number of halogens is 1. The van der Waals surface area contributed by atoms with Gasteiger partial charge in [-0.25, -0.2) is 4.39 Å². The Morgan fingerprint density at radius 1 is 1.37 bits per heavy atom. The number of anilines is 1. The molecule has 0 aliphatic rings. The van der Waals surface area contributed by atoms with Crippen LogP contribution in [0.15, 0.2) is 24.3 Å². The Morgan fingerprint density at radius 2 is 2.05 bits per heavy atom. The highest BCUT2D eigenvalue weighted by Gasteiger charge is 2.20. The molecule has 1 amide bonds. The number of carbonyl (C=O) groups excluding carboxylic acids is 1. The van der Waals surface area contributed by atoms with Crippen molar-refractivity contribution in [2.24, 2.45) is 11.1 Å². The number of amides is 1. The van der Waals surface area contributed by atoms with Crippen molar-refractivity contribution >= 4 is 11.6 Å². The molecule has 0 atom stereocenters. The minimum atomic E-state index is -0.333. The van der Waals surface area contributed by atoms with Gasteiger partial charge < -0.3 is 10.6 Å². The van der Waals surface area contributed by atoms with E-state index in [0.717, 1.165) is 12.8 Å². The molecule has 0 radical (unpaired) electrons. The molecule has 4 heteroatoms. The van der Waals surface area contributed by atoms with E-state index in [1.165, 1.54) is 17.0 Å². The van der Waals surface area contributed by atoms with Crippen molar-refractivity contribution in [3.8, 4) is 0 Å². The molecule has 106 valence electrons. The zero-order chi connectivity index (χ0) is 14.5. The van der Waals surface area contributed by atoms with Crippen molar-refractivity contribution < 1.29 is 9.18 Å². The number of carbonyl (C=O) groups is 1. The Bertz CT molecular complexity index is 432. The molecule has 1 rings (SSSR count). The lowest BCUT2D eigenvalue weighted by atomic mass is 9.84. The topological polar surface area (TPSA) is 46.3 Å². The zero-order valence-corrected chi connectivity index (χ0v) is 11.9. The summed E-state index contributed by atoms with van der Waals surface area (Å²) in [5.41, 5.74) is 6.20. The number of rotatable bonds is 6. The summed E-state index contributed by atoms with van der Waals surface area (Å²) in [5.74, 6) is -0.337. The SMILES string of the molecule is CN(C(=O)CCC(C)(C)CCN)c1cccc(F)c1. The highest BCUT2D eigenvalue weighted by molar-refractivity contribution is 5.92. The third-order valence-electron chi connectivity index (χ3n) is 3.41. The molecule has 0 saturated heterocycles. The summed E-state index contributed by atoms with van der Waals surface area (Å²) in [7, 11) is 1.67. The summed E-state index contributed by atoms with van der Waals surface area (Å²) >= 11 is 0. The summed E-state index contributed by atoms with van der Waals surface area (Å²) in [6.07, 6.45) is 2.12. The number of nitrogens with two attached hydrogens (primary N) is 1. The Morgan fingerprint density at radius 3 is 2.63 bits per heavy atom. The molecule has 0 aromatic heterocycles. The second-order valence-electron chi connectivity index (χ2n) is 5.64. The molecule has 3 nitrogen and oxygen atoms in total. The second-order valence-corrected chi connectivity index (χ2v) is 5.64. The fraction of sp³-hybridized carbons (Fsp3) is 0.533. The highest BCUT2D eigenvalue weighted by atomic mass is 19.1. The largest absolute Gasteiger partial charge is 0.330 e. The summed E-state index contributed by atoms with van der Waals surface area (Å²) in [6.45, 7) is 4.84. The van der Waals surface area contributed by atoms with Crippen molar-refractivity contribution in [2.75, 3.05) is 18.5 Å². The maximum atomic E-state index is 13.1. The molecular weight excluding hydrogens is 243 g/mol. The molecular formula is C15H23FN2O. The molecule has 0 aliphatic carbocycles. The van der Waals surface area contributed by atoms with Crippen LogP contribution < -0.4 is 10.6 Å². The zero-order valence-electron chi connectivity index (χ0n) is 11.9. The Balaban J connectivity index is 2.59. The molecule has 0 heterocycles. The lowest BCUT2D eigenvalue weighted by molar-refractivity contribution is -0.118. The first-order valence-electron chi connectivity index (χ1n) is 6.58. The van der Waals surface area contributed by atoms with Gasteiger partial charge >= 0.3 is 0 Å². The minimum Gasteiger partial charge on any atom is -0.330 e. The number of nitrogens with zero attached hydrogens (tertiary/aromatic N) is 1. The van der Waals surface area contributed by atoms with Gasteiger partial charge in [0.1, 0.15) is 5.82 Å². The quantitative estimate of drug-likeness (QED) is 0.860. The van der Waals surface area contributed by atoms with E-state index >= 15 is 0 Å². The molecule has 0 spiro atoms. The first-order chi connectivity index (χ1) is 8.85. The van der Waals surface area contributed by atoms with Crippen LogP contribution in [-0.4, -0.2) is 19.5 Å². The van der Waals surface area contributed by atoms with Gasteiger partial charge in [-0.3, -0.25) is 4.79 Å². The third-order valence-corrected chi connectivity index (χ3v) is 3.41. The molecule has 0 bridgehead atoms. The first-order valence-corrected chi connectivity index (χ1v) is 6.58. The molecule has 19 heavy (non-hydrogen) atoms. The normalized spacial score (nSPS) is 11.4. The lowest BCUT2D eigenvalue weighted by Gasteiger charge is -2.25. The van der Waals surface area contributed by atoms with E-state index in [0.29, 0.717) is 18.7 Å². The maximum absolute atomic E-state index is 13.1. The summed E-state index contributed by atoms with van der Waals surface area (Å²) < 4.78 is 13.1. The Labute approximate surface area is 114 Å². The van der Waals surface area contributed by atoms with Crippen molar-refractivity contribution in [2.45, 2.75) is 33.1 Å². The standard InChI is InChI=1S/C15H23FN2O/c1-15(2,9-10-17)8-7-14(19)18(3)13-6-4-5-12(16)11-13/h4-6,11H,7-10,17H2,1-3H3. The maximum Gasteiger partial charge on any atom is 0.226 e. The van der Waals surface area contributed by atoms with Crippen LogP contribution in [0.4, 0.5) is 10.1 Å². The van der Waals surface area contributed by atoms with Crippen molar-refractivity contribution in [1.82, 2.24) is 0 Å². The van der Waals surface area contributed by atoms with Crippen LogP contribution in [0.5, 0.6) is 0 Å². The van der Waals surface area contributed by atoms with Crippen LogP contribution in [0, 0.1) is 11.2 Å². The Hall–Kier alpha value is -1.42. The molecule has 1 aromatic rings. The van der Waals surface area contributed by atoms with Crippen molar-refractivity contribution in [3.05, 3.63) is 30.1 Å². The minimum absolute atomic E-state index is 0.00398. The van der Waals surface area contributed by atoms with Crippen molar-refractivity contribution in [1.29, 1.82) is 0 Å². The molecule has 0 saturated carbocycles. The van der Waals surface area contributed by atoms with Crippen LogP contribution in [0.3, 0.4) is 0 Å². The average molecular weight is 266 g/mol. The summed E-state index contributed by atoms with van der Waals surface area (Å²) in [5, 5.41) is 0. The van der Waals surface area contributed by atoms with Gasteiger partial charge in [0.2, 0.25) is 5.91 Å². The van der Waals surface area contributed by atoms with Gasteiger partial charge in [0.15, 0.2) is 0 Å². The van der Waals surface area contributed by atoms with Crippen molar-refractivity contribution in [3.63, 3.8) is 0 Å². The summed E-state index contributed by atoms with van der Waals surface area (Å²) in [6, 6.07) is 6.06. The van der Waals surface area contributed by atoms with Crippen LogP contribution in [-0.2, 0) is 4.79 Å². The van der Waals surface area contributed by atoms with Gasteiger partial charge in [-0.1, -0.05) is 19.9 Å². The van der Waals surface area contributed by atoms with E-state index in [4.69, 9.17) is 5.73 Å². The smallest absolute Gasteiger partial charge is 0.226 e. The van der Waals surface area contributed by atoms with E-state index in [9.17, 15) is 9.18 Å². The molecule has 1 aromatic carbocycles. The average Bonchev–Trinajstić information content (AvgIpc) is 2.35. The fourth-order valence-electron chi connectivity index (χ4n) is 1.96. The fourth-order valence-corrected chi connectivity index (χ4v) is 1.96. The number of hydrogen-bond donors (Lipinski definition) is 1. The van der Waals surface area contributed by atoms with Gasteiger partial charge in [-0.05, 0) is 43.0 Å². The van der Waals surface area contributed by atoms with E-state index < -0.39 is 0 Å². The first kappa shape index (κ1) is 15.6. The Kier molecular flexibility index (Phi) is 5.48. The van der Waals surface area contributed by atoms with E-state index in [2.05, 4.69) is 13.8 Å². The predicted molar refractivity (Wildman–Crippen MR) is 76.5 cm³/mol. The van der Waals surface area contributed by atoms with E-state index in [1.807, 2.05) is 0 Å². The third kappa shape index (κ3) is 4.99. The van der Waals surface area contributed by atoms with Gasteiger partial charge in [0.25, 0.3) is 0 Å². The van der Waals surface area contributed by atoms with Gasteiger partial charge in [0, 0.05) is 19.2 Å². The van der Waals surface area contributed by atoms with E-state index in [1.54, 1.807) is 19.2 Å². The van der Waals surface area contributed by atoms with Crippen LogP contribution in [0.1, 0.15) is 33.1 Å². The lowest BCUT2D eigenvalue weighted by Crippen LogP contribution is -2.28. The van der Waals surface area contributed by atoms with E-state index in [-0.39, 0.29) is 17.1 Å². The molecule has 0 unspecified atom stereocenters. The van der Waals surface area contributed by atoms with Crippen LogP contribution >= 0.6 is 0 Å². The van der Waals surface area contributed by atoms with Gasteiger partial charge in [-0.2, -0.15) is 0 Å².